The summed E-state index contributed by atoms with van der Waals surface area (Å²) in [5, 5.41) is 15.9. The molecule has 0 bridgehead atoms. The minimum absolute atomic E-state index is 0.140. The molecule has 0 fully saturated rings. The summed E-state index contributed by atoms with van der Waals surface area (Å²) in [6.45, 7) is 1.79. The number of rotatable bonds is 11. The first kappa shape index (κ1) is 26.8. The van der Waals surface area contributed by atoms with E-state index in [9.17, 15) is 14.9 Å². The van der Waals surface area contributed by atoms with E-state index in [4.69, 9.17) is 14.2 Å². The zero-order valence-corrected chi connectivity index (χ0v) is 20.9. The van der Waals surface area contributed by atoms with Gasteiger partial charge in [-0.1, -0.05) is 30.3 Å². The van der Waals surface area contributed by atoms with Gasteiger partial charge in [-0.3, -0.25) is 9.59 Å². The van der Waals surface area contributed by atoms with Crippen molar-refractivity contribution >= 4 is 18.0 Å². The summed E-state index contributed by atoms with van der Waals surface area (Å²) in [6.07, 6.45) is 1.60. The predicted molar refractivity (Wildman–Crippen MR) is 139 cm³/mol. The molecule has 37 heavy (non-hydrogen) atoms. The van der Waals surface area contributed by atoms with Crippen LogP contribution in [0.2, 0.25) is 0 Å². The molecule has 0 aliphatic heterocycles. The number of hydrogen-bond acceptors (Lipinski definition) is 7. The van der Waals surface area contributed by atoms with E-state index in [0.29, 0.717) is 28.4 Å². The summed E-state index contributed by atoms with van der Waals surface area (Å²) < 4.78 is 16.4. The van der Waals surface area contributed by atoms with Crippen molar-refractivity contribution < 1.29 is 23.8 Å². The fraction of sp³-hybridized carbons (Fsp3) is 0.214. The Morgan fingerprint density at radius 1 is 1.03 bits per heavy atom. The van der Waals surface area contributed by atoms with Gasteiger partial charge in [0.15, 0.2) is 11.5 Å². The van der Waals surface area contributed by atoms with Gasteiger partial charge in [0.1, 0.15) is 18.4 Å². The number of nitrogens with zero attached hydrogens (tertiary/aromatic N) is 2. The van der Waals surface area contributed by atoms with Crippen LogP contribution in [0.1, 0.15) is 29.2 Å². The lowest BCUT2D eigenvalue weighted by molar-refractivity contribution is -0.128. The van der Waals surface area contributed by atoms with Crippen LogP contribution in [0.15, 0.2) is 71.8 Å². The standard InChI is InChI=1S/C28H28N4O5/c1-19(31-27(33)15-20-8-11-24(35-2)12-9-20)28(34)32-30-17-21-10-13-25(26(14-21)36-3)37-18-23-7-5-4-6-22(23)16-29/h4-14,17,19H,15,18H2,1-3H3,(H,31,33)(H,32,34). The maximum atomic E-state index is 12.3. The lowest BCUT2D eigenvalue weighted by Gasteiger charge is -2.13. The van der Waals surface area contributed by atoms with Crippen molar-refractivity contribution in [2.45, 2.75) is 26.0 Å². The highest BCUT2D eigenvalue weighted by molar-refractivity contribution is 5.89. The van der Waals surface area contributed by atoms with E-state index in [-0.39, 0.29) is 18.9 Å². The molecule has 0 aromatic heterocycles. The van der Waals surface area contributed by atoms with Crippen LogP contribution < -0.4 is 25.0 Å². The van der Waals surface area contributed by atoms with Gasteiger partial charge in [0.05, 0.1) is 38.5 Å². The summed E-state index contributed by atoms with van der Waals surface area (Å²) in [4.78, 5) is 24.6. The van der Waals surface area contributed by atoms with Crippen LogP contribution in [0.3, 0.4) is 0 Å². The van der Waals surface area contributed by atoms with Gasteiger partial charge in [0.2, 0.25) is 5.91 Å². The van der Waals surface area contributed by atoms with Gasteiger partial charge in [-0.2, -0.15) is 10.4 Å². The number of hydrazone groups is 1. The molecule has 9 nitrogen and oxygen atoms in total. The van der Waals surface area contributed by atoms with Gasteiger partial charge in [-0.05, 0) is 54.4 Å². The van der Waals surface area contributed by atoms with Crippen LogP contribution in [0.5, 0.6) is 17.2 Å². The van der Waals surface area contributed by atoms with Gasteiger partial charge in [0, 0.05) is 5.56 Å². The van der Waals surface area contributed by atoms with E-state index < -0.39 is 11.9 Å². The number of amides is 2. The molecule has 0 saturated carbocycles. The molecule has 0 radical (unpaired) electrons. The second-order valence-electron chi connectivity index (χ2n) is 8.02. The van der Waals surface area contributed by atoms with E-state index in [1.54, 1.807) is 68.6 Å². The van der Waals surface area contributed by atoms with Crippen molar-refractivity contribution in [3.8, 4) is 23.3 Å². The molecular formula is C28H28N4O5. The Kier molecular flexibility index (Phi) is 9.62. The van der Waals surface area contributed by atoms with Crippen LogP contribution >= 0.6 is 0 Å². The topological polar surface area (TPSA) is 122 Å². The smallest absolute Gasteiger partial charge is 0.262 e. The van der Waals surface area contributed by atoms with Crippen LogP contribution in [0, 0.1) is 11.3 Å². The van der Waals surface area contributed by atoms with E-state index in [1.807, 2.05) is 12.1 Å². The number of carbonyl (C=O) groups is 2. The van der Waals surface area contributed by atoms with Crippen molar-refractivity contribution in [2.24, 2.45) is 5.10 Å². The fourth-order valence-corrected chi connectivity index (χ4v) is 3.35. The van der Waals surface area contributed by atoms with Crippen LogP contribution in [-0.4, -0.2) is 38.3 Å². The molecule has 0 aliphatic rings. The number of nitriles is 1. The fourth-order valence-electron chi connectivity index (χ4n) is 3.35. The summed E-state index contributed by atoms with van der Waals surface area (Å²) in [7, 11) is 3.09. The number of methoxy groups -OCH3 is 2. The molecule has 3 aromatic rings. The van der Waals surface area contributed by atoms with Crippen molar-refractivity contribution in [1.29, 1.82) is 5.26 Å². The largest absolute Gasteiger partial charge is 0.497 e. The van der Waals surface area contributed by atoms with Gasteiger partial charge in [0.25, 0.3) is 5.91 Å². The molecule has 0 heterocycles. The zero-order chi connectivity index (χ0) is 26.6. The highest BCUT2D eigenvalue weighted by Gasteiger charge is 2.15. The van der Waals surface area contributed by atoms with Crippen LogP contribution in [0.4, 0.5) is 0 Å². The second kappa shape index (κ2) is 13.3. The second-order valence-corrected chi connectivity index (χ2v) is 8.02. The Labute approximate surface area is 215 Å². The maximum Gasteiger partial charge on any atom is 0.262 e. The summed E-state index contributed by atoms with van der Waals surface area (Å²) in [5.41, 5.74) is 5.21. The molecule has 9 heteroatoms. The Hall–Kier alpha value is -4.84. The SMILES string of the molecule is COc1ccc(CC(=O)NC(C)C(=O)NN=Cc2ccc(OCc3ccccc3C#N)c(OC)c2)cc1. The summed E-state index contributed by atoms with van der Waals surface area (Å²) in [5.74, 6) is 0.946. The molecule has 1 unspecified atom stereocenters. The molecular weight excluding hydrogens is 472 g/mol. The van der Waals surface area contributed by atoms with Gasteiger partial charge < -0.3 is 19.5 Å². The van der Waals surface area contributed by atoms with Crippen molar-refractivity contribution in [1.82, 2.24) is 10.7 Å². The normalized spacial score (nSPS) is 11.3. The minimum Gasteiger partial charge on any atom is -0.497 e. The number of carbonyl (C=O) groups excluding carboxylic acids is 2. The molecule has 190 valence electrons. The average molecular weight is 501 g/mol. The summed E-state index contributed by atoms with van der Waals surface area (Å²) in [6, 6.07) is 20.9. The molecule has 2 N–H and O–H groups in total. The monoisotopic (exact) mass is 500 g/mol. The van der Waals surface area contributed by atoms with Gasteiger partial charge in [-0.25, -0.2) is 5.43 Å². The highest BCUT2D eigenvalue weighted by Crippen LogP contribution is 2.28. The van der Waals surface area contributed by atoms with E-state index in [2.05, 4.69) is 21.9 Å². The Bertz CT molecular complexity index is 1300. The third-order valence-electron chi connectivity index (χ3n) is 5.39. The molecule has 3 rings (SSSR count). The number of benzene rings is 3. The van der Waals surface area contributed by atoms with Crippen molar-refractivity contribution in [3.05, 3.63) is 89.0 Å². The highest BCUT2D eigenvalue weighted by atomic mass is 16.5. The lowest BCUT2D eigenvalue weighted by Crippen LogP contribution is -2.43. The molecule has 2 amide bonds. The Morgan fingerprint density at radius 2 is 1.78 bits per heavy atom. The first-order valence-electron chi connectivity index (χ1n) is 11.5. The molecule has 0 spiro atoms. The third-order valence-corrected chi connectivity index (χ3v) is 5.39. The average Bonchev–Trinajstić information content (AvgIpc) is 2.92. The zero-order valence-electron chi connectivity index (χ0n) is 20.9. The quantitative estimate of drug-likeness (QED) is 0.308. The van der Waals surface area contributed by atoms with Crippen LogP contribution in [0.25, 0.3) is 0 Å². The summed E-state index contributed by atoms with van der Waals surface area (Å²) >= 11 is 0. The molecule has 3 aromatic carbocycles. The Morgan fingerprint density at radius 3 is 2.49 bits per heavy atom. The number of hydrogen-bond donors (Lipinski definition) is 2. The molecule has 0 saturated heterocycles. The molecule has 1 atom stereocenters. The van der Waals surface area contributed by atoms with E-state index in [1.165, 1.54) is 13.3 Å². The van der Waals surface area contributed by atoms with E-state index in [0.717, 1.165) is 11.1 Å². The lowest BCUT2D eigenvalue weighted by atomic mass is 10.1. The van der Waals surface area contributed by atoms with Gasteiger partial charge in [-0.15, -0.1) is 0 Å². The number of nitrogens with one attached hydrogen (secondary N) is 2. The van der Waals surface area contributed by atoms with Crippen LogP contribution in [-0.2, 0) is 22.6 Å². The third kappa shape index (κ3) is 7.83. The first-order valence-corrected chi connectivity index (χ1v) is 11.5. The van der Waals surface area contributed by atoms with Crippen molar-refractivity contribution in [2.75, 3.05) is 14.2 Å². The minimum atomic E-state index is -0.774. The van der Waals surface area contributed by atoms with Crippen molar-refractivity contribution in [3.63, 3.8) is 0 Å². The predicted octanol–water partition coefficient (Wildman–Crippen LogP) is 3.35. The first-order chi connectivity index (χ1) is 17.9. The number of ether oxygens (including phenoxy) is 3. The van der Waals surface area contributed by atoms with E-state index >= 15 is 0 Å². The Balaban J connectivity index is 1.51. The van der Waals surface area contributed by atoms with Gasteiger partial charge >= 0.3 is 0 Å². The maximum absolute atomic E-state index is 12.3. The molecule has 0 aliphatic carbocycles.